The van der Waals surface area contributed by atoms with E-state index in [1.54, 1.807) is 0 Å². The van der Waals surface area contributed by atoms with Crippen molar-refractivity contribution in [2.75, 3.05) is 0 Å². The molecule has 0 unspecified atom stereocenters. The zero-order valence-corrected chi connectivity index (χ0v) is 10.8. The molecule has 0 aliphatic rings. The van der Waals surface area contributed by atoms with Crippen molar-refractivity contribution in [3.05, 3.63) is 0 Å². The molecule has 0 heterocycles. The van der Waals surface area contributed by atoms with Crippen LogP contribution in [0, 0.1) is 0 Å². The predicted octanol–water partition coefficient (Wildman–Crippen LogP) is -1.01. The molecular weight excluding hydrogens is 379 g/mol. The third kappa shape index (κ3) is 85.8. The van der Waals surface area contributed by atoms with Crippen molar-refractivity contribution < 1.29 is 93.4 Å². The van der Waals surface area contributed by atoms with Crippen LogP contribution < -0.4 is 0 Å². The maximum Gasteiger partial charge on any atom is 2.00 e. The molecule has 2 nitrogen and oxygen atoms in total. The van der Waals surface area contributed by atoms with Gasteiger partial charge in [-0.25, -0.2) is 0 Å². The van der Waals surface area contributed by atoms with E-state index in [1.165, 1.54) is 0 Å². The van der Waals surface area contributed by atoms with Crippen LogP contribution in [-0.4, -0.2) is 34.7 Å². The van der Waals surface area contributed by atoms with Crippen molar-refractivity contribution >= 4 is 34.7 Å². The Hall–Kier alpha value is 3.45. The van der Waals surface area contributed by atoms with Gasteiger partial charge in [-0.3, -0.25) is 0 Å². The van der Waals surface area contributed by atoms with Crippen LogP contribution in [0.15, 0.2) is 0 Å². The minimum Gasteiger partial charge on any atom is -3.00 e. The van der Waals surface area contributed by atoms with Crippen LogP contribution in [0.1, 0.15) is 0 Å². The van der Waals surface area contributed by atoms with Crippen LogP contribution in [0.25, 0.3) is 0 Å². The van der Waals surface area contributed by atoms with Crippen molar-refractivity contribution in [3.8, 4) is 0 Å². The molecule has 0 saturated heterocycles. The average molecular weight is 379 g/mol. The summed E-state index contributed by atoms with van der Waals surface area (Å²) in [4.78, 5) is 0. The van der Waals surface area contributed by atoms with E-state index in [0.717, 1.165) is 0 Å². The molecule has 4 radical (unpaired) electrons. The summed E-state index contributed by atoms with van der Waals surface area (Å²) in [5, 5.41) is 0. The van der Waals surface area contributed by atoms with E-state index >= 15 is 0 Å². The molecule has 0 aliphatic carbocycles. The van der Waals surface area contributed by atoms with E-state index in [1.807, 2.05) is 0 Å². The molecule has 0 amide bonds. The molecule has 0 aliphatic heterocycles. The molecule has 0 atom stereocenters. The Morgan fingerprint density at radius 2 is 0.333 bits per heavy atom. The van der Waals surface area contributed by atoms with Gasteiger partial charge in [0.2, 0.25) is 0 Å². The zero-order chi connectivity index (χ0) is 0. The largest absolute Gasteiger partial charge is 3.00 e. The van der Waals surface area contributed by atoms with Gasteiger partial charge in [0.15, 0.2) is 0 Å². The van der Waals surface area contributed by atoms with Gasteiger partial charge in [0.05, 0.1) is 0 Å². The molecule has 0 N–H and O–H groups in total. The third-order valence-corrected chi connectivity index (χ3v) is 0. The SMILES string of the molecule is [Al-3].[Al-3].[Ni+2].[Ni+2].[Ni+2].[Ni+2].[Ni+2].[O-2].[O-2]. The Morgan fingerprint density at radius 1 is 0.333 bits per heavy atom. The molecule has 0 aromatic heterocycles. The average Bonchev–Trinajstić information content (AvgIpc) is 0. The first-order valence-corrected chi connectivity index (χ1v) is 0. The Bertz CT molecular complexity index is 12.9. The van der Waals surface area contributed by atoms with E-state index in [-0.39, 0.29) is 128 Å². The van der Waals surface area contributed by atoms with Crippen LogP contribution in [0.4, 0.5) is 0 Å². The summed E-state index contributed by atoms with van der Waals surface area (Å²) in [5.74, 6) is 0. The molecule has 0 fully saturated rings. The Balaban J connectivity index is 0. The number of rotatable bonds is 0. The summed E-state index contributed by atoms with van der Waals surface area (Å²) in [6.07, 6.45) is 0. The topological polar surface area (TPSA) is 57.0 Å². The molecule has 0 spiro atoms. The van der Waals surface area contributed by atoms with E-state index in [0.29, 0.717) is 0 Å². The third-order valence-electron chi connectivity index (χ3n) is 0. The summed E-state index contributed by atoms with van der Waals surface area (Å²) >= 11 is 0. The van der Waals surface area contributed by atoms with Gasteiger partial charge >= 0.3 is 82.5 Å². The summed E-state index contributed by atoms with van der Waals surface area (Å²) in [5.41, 5.74) is 0. The minimum absolute atomic E-state index is 0. The second-order valence-electron chi connectivity index (χ2n) is 0. The molecule has 9 heteroatoms. The first kappa shape index (κ1) is 137. The first-order chi connectivity index (χ1) is 0. The van der Waals surface area contributed by atoms with Gasteiger partial charge < -0.3 is 45.7 Å². The number of hydrogen-bond acceptors (Lipinski definition) is 0. The standard InChI is InChI=1S/2Al.5Ni.2O/q2*-3;5*+2;2*-2. The van der Waals surface area contributed by atoms with Crippen molar-refractivity contribution in [2.24, 2.45) is 0 Å². The molecule has 0 rings (SSSR count). The molecule has 68 valence electrons. The van der Waals surface area contributed by atoms with Crippen molar-refractivity contribution in [2.45, 2.75) is 0 Å². The fourth-order valence-electron chi connectivity index (χ4n) is 0. The van der Waals surface area contributed by atoms with Crippen LogP contribution >= 0.6 is 0 Å². The fraction of sp³-hybridized carbons (Fsp3) is 0. The van der Waals surface area contributed by atoms with Crippen molar-refractivity contribution in [1.29, 1.82) is 0 Å². The summed E-state index contributed by atoms with van der Waals surface area (Å²) < 4.78 is 0. The van der Waals surface area contributed by atoms with Crippen LogP contribution in [0.5, 0.6) is 0 Å². The van der Waals surface area contributed by atoms with E-state index in [2.05, 4.69) is 0 Å². The van der Waals surface area contributed by atoms with E-state index in [9.17, 15) is 0 Å². The monoisotopic (exact) mass is 376 g/mol. The van der Waals surface area contributed by atoms with Crippen LogP contribution in [0.3, 0.4) is 0 Å². The minimum atomic E-state index is 0. The maximum absolute atomic E-state index is 0. The maximum atomic E-state index is 0. The summed E-state index contributed by atoms with van der Waals surface area (Å²) in [7, 11) is 0. The smallest absolute Gasteiger partial charge is 2.00 e. The quantitative estimate of drug-likeness (QED) is 0.485. The fourth-order valence-corrected chi connectivity index (χ4v) is 0. The predicted molar refractivity (Wildman–Crippen MR) is 12.9 cm³/mol. The van der Waals surface area contributed by atoms with Gasteiger partial charge in [0.1, 0.15) is 0 Å². The van der Waals surface area contributed by atoms with Gasteiger partial charge in [-0.1, -0.05) is 0 Å². The molecule has 0 bridgehead atoms. The Labute approximate surface area is 126 Å². The van der Waals surface area contributed by atoms with Gasteiger partial charge in [-0.2, -0.15) is 0 Å². The first-order valence-electron chi connectivity index (χ1n) is 0. The second-order valence-corrected chi connectivity index (χ2v) is 0. The zero-order valence-electron chi connectivity index (χ0n) is 3.55. The van der Waals surface area contributed by atoms with Crippen LogP contribution in [0.2, 0.25) is 0 Å². The van der Waals surface area contributed by atoms with Gasteiger partial charge in [-0.15, -0.1) is 0 Å². The number of hydrogen-bond donors (Lipinski definition) is 0. The normalized spacial score (nSPS) is 0. The molecule has 0 aromatic carbocycles. The second kappa shape index (κ2) is 105. The molecular formula is Al2Ni5O2. The molecule has 0 aromatic rings. The Kier molecular flexibility index (Phi) is 1600. The van der Waals surface area contributed by atoms with Gasteiger partial charge in [-0.05, 0) is 0 Å². The Morgan fingerprint density at radius 3 is 0.333 bits per heavy atom. The summed E-state index contributed by atoms with van der Waals surface area (Å²) in [6, 6.07) is 0. The van der Waals surface area contributed by atoms with Crippen molar-refractivity contribution in [1.82, 2.24) is 0 Å². The molecule has 0 saturated carbocycles. The van der Waals surface area contributed by atoms with Crippen LogP contribution in [-0.2, 0) is 93.4 Å². The summed E-state index contributed by atoms with van der Waals surface area (Å²) in [6.45, 7) is 0. The van der Waals surface area contributed by atoms with Gasteiger partial charge in [0.25, 0.3) is 0 Å². The van der Waals surface area contributed by atoms with E-state index < -0.39 is 0 Å². The van der Waals surface area contributed by atoms with Gasteiger partial charge in [0, 0.05) is 0 Å². The van der Waals surface area contributed by atoms with E-state index in [4.69, 9.17) is 0 Å². The van der Waals surface area contributed by atoms with Crippen molar-refractivity contribution in [3.63, 3.8) is 0 Å². The molecule has 9 heavy (non-hydrogen) atoms.